The van der Waals surface area contributed by atoms with Gasteiger partial charge in [0.1, 0.15) is 0 Å². The molecule has 0 spiro atoms. The number of nitrogens with zero attached hydrogens (tertiary/aromatic N) is 1. The maximum absolute atomic E-state index is 5.60. The molecule has 0 aliphatic heterocycles. The highest BCUT2D eigenvalue weighted by atomic mass is 14.7. The Morgan fingerprint density at radius 1 is 1.10 bits per heavy atom. The van der Waals surface area contributed by atoms with Crippen molar-refractivity contribution in [2.24, 2.45) is 5.73 Å². The third-order valence-corrected chi connectivity index (χ3v) is 3.79. The van der Waals surface area contributed by atoms with Crippen LogP contribution in [0.25, 0.3) is 10.9 Å². The fourth-order valence-corrected chi connectivity index (χ4v) is 2.58. The van der Waals surface area contributed by atoms with Crippen molar-refractivity contribution in [1.82, 2.24) is 4.98 Å². The number of unbranched alkanes of at least 4 members (excludes halogenated alkanes) is 1. The first-order valence-corrected chi connectivity index (χ1v) is 7.52. The topological polar surface area (TPSA) is 38.9 Å². The molecule has 0 bridgehead atoms. The van der Waals surface area contributed by atoms with Gasteiger partial charge in [-0.2, -0.15) is 0 Å². The zero-order valence-electron chi connectivity index (χ0n) is 13.2. The highest BCUT2D eigenvalue weighted by Crippen LogP contribution is 2.28. The number of hydrogen-bond acceptors (Lipinski definition) is 2. The van der Waals surface area contributed by atoms with Crippen molar-refractivity contribution in [3.8, 4) is 0 Å². The van der Waals surface area contributed by atoms with E-state index >= 15 is 0 Å². The Labute approximate surface area is 122 Å². The molecular formula is C18H26N2. The van der Waals surface area contributed by atoms with E-state index in [0.717, 1.165) is 37.0 Å². The Kier molecular flexibility index (Phi) is 4.44. The maximum Gasteiger partial charge on any atom is 0.0708 e. The standard InChI is InChI=1S/C18H26N2/c1-13-11-14(7-5-6-10-19)16-12-15(18(2,3)4)8-9-17(16)20-13/h8-9,11-12H,5-7,10,19H2,1-4H3. The molecule has 2 nitrogen and oxygen atoms in total. The summed E-state index contributed by atoms with van der Waals surface area (Å²) in [5.41, 5.74) is 10.8. The van der Waals surface area contributed by atoms with Crippen LogP contribution in [0.1, 0.15) is 50.4 Å². The minimum absolute atomic E-state index is 0.174. The van der Waals surface area contributed by atoms with Gasteiger partial charge >= 0.3 is 0 Å². The third kappa shape index (κ3) is 3.37. The summed E-state index contributed by atoms with van der Waals surface area (Å²) in [6.07, 6.45) is 3.32. The van der Waals surface area contributed by atoms with Crippen molar-refractivity contribution in [3.05, 3.63) is 41.1 Å². The van der Waals surface area contributed by atoms with Crippen LogP contribution in [0.2, 0.25) is 0 Å². The minimum atomic E-state index is 0.174. The summed E-state index contributed by atoms with van der Waals surface area (Å²) in [5.74, 6) is 0. The zero-order valence-corrected chi connectivity index (χ0v) is 13.2. The summed E-state index contributed by atoms with van der Waals surface area (Å²) in [5, 5.41) is 1.31. The van der Waals surface area contributed by atoms with E-state index in [9.17, 15) is 0 Å². The molecule has 2 rings (SSSR count). The van der Waals surface area contributed by atoms with Gasteiger partial charge in [0, 0.05) is 11.1 Å². The van der Waals surface area contributed by atoms with Crippen molar-refractivity contribution in [3.63, 3.8) is 0 Å². The average Bonchev–Trinajstić information content (AvgIpc) is 2.37. The summed E-state index contributed by atoms with van der Waals surface area (Å²) in [6.45, 7) is 9.61. The van der Waals surface area contributed by atoms with Gasteiger partial charge in [-0.3, -0.25) is 4.98 Å². The zero-order chi connectivity index (χ0) is 14.8. The monoisotopic (exact) mass is 270 g/mol. The Balaban J connectivity index is 2.48. The van der Waals surface area contributed by atoms with Crippen LogP contribution >= 0.6 is 0 Å². The molecule has 0 fully saturated rings. The number of rotatable bonds is 4. The van der Waals surface area contributed by atoms with E-state index in [4.69, 9.17) is 5.73 Å². The van der Waals surface area contributed by atoms with Gasteiger partial charge < -0.3 is 5.73 Å². The van der Waals surface area contributed by atoms with E-state index in [-0.39, 0.29) is 5.41 Å². The molecule has 0 radical (unpaired) electrons. The van der Waals surface area contributed by atoms with Crippen LogP contribution in [0.15, 0.2) is 24.3 Å². The summed E-state index contributed by atoms with van der Waals surface area (Å²) in [7, 11) is 0. The van der Waals surface area contributed by atoms with Gasteiger partial charge in [0.05, 0.1) is 5.52 Å². The highest BCUT2D eigenvalue weighted by Gasteiger charge is 2.15. The molecule has 2 heteroatoms. The lowest BCUT2D eigenvalue weighted by atomic mass is 9.85. The number of nitrogens with two attached hydrogens (primary N) is 1. The smallest absolute Gasteiger partial charge is 0.0708 e. The van der Waals surface area contributed by atoms with Gasteiger partial charge in [0.25, 0.3) is 0 Å². The Hall–Kier alpha value is -1.41. The Morgan fingerprint density at radius 2 is 1.85 bits per heavy atom. The molecule has 1 aromatic carbocycles. The lowest BCUT2D eigenvalue weighted by Crippen LogP contribution is -2.11. The van der Waals surface area contributed by atoms with Crippen molar-refractivity contribution < 1.29 is 0 Å². The molecule has 1 aromatic heterocycles. The second-order valence-electron chi connectivity index (χ2n) is 6.65. The number of aryl methyl sites for hydroxylation is 2. The van der Waals surface area contributed by atoms with Gasteiger partial charge in [-0.15, -0.1) is 0 Å². The third-order valence-electron chi connectivity index (χ3n) is 3.79. The van der Waals surface area contributed by atoms with Crippen LogP contribution in [-0.4, -0.2) is 11.5 Å². The van der Waals surface area contributed by atoms with Crippen LogP contribution in [-0.2, 0) is 11.8 Å². The molecule has 0 amide bonds. The van der Waals surface area contributed by atoms with E-state index in [1.165, 1.54) is 16.5 Å². The lowest BCUT2D eigenvalue weighted by molar-refractivity contribution is 0.591. The summed E-state index contributed by atoms with van der Waals surface area (Å²) < 4.78 is 0. The van der Waals surface area contributed by atoms with Gasteiger partial charge in [0.2, 0.25) is 0 Å². The van der Waals surface area contributed by atoms with Gasteiger partial charge in [-0.1, -0.05) is 26.8 Å². The summed E-state index contributed by atoms with van der Waals surface area (Å²) >= 11 is 0. The first-order valence-electron chi connectivity index (χ1n) is 7.52. The molecule has 0 saturated carbocycles. The van der Waals surface area contributed by atoms with Crippen molar-refractivity contribution in [2.45, 2.75) is 52.4 Å². The van der Waals surface area contributed by atoms with Crippen LogP contribution < -0.4 is 5.73 Å². The lowest BCUT2D eigenvalue weighted by Gasteiger charge is -2.20. The summed E-state index contributed by atoms with van der Waals surface area (Å²) in [6, 6.07) is 8.92. The number of pyridine rings is 1. The summed E-state index contributed by atoms with van der Waals surface area (Å²) in [4.78, 5) is 4.66. The van der Waals surface area contributed by atoms with E-state index in [1.807, 2.05) is 0 Å². The second-order valence-corrected chi connectivity index (χ2v) is 6.65. The van der Waals surface area contributed by atoms with Crippen LogP contribution in [0.3, 0.4) is 0 Å². The van der Waals surface area contributed by atoms with Crippen LogP contribution in [0.4, 0.5) is 0 Å². The van der Waals surface area contributed by atoms with E-state index in [2.05, 4.69) is 56.9 Å². The molecule has 0 aliphatic rings. The maximum atomic E-state index is 5.60. The first kappa shape index (κ1) is 15.0. The van der Waals surface area contributed by atoms with Crippen molar-refractivity contribution >= 4 is 10.9 Å². The normalized spacial score (nSPS) is 12.1. The highest BCUT2D eigenvalue weighted by molar-refractivity contribution is 5.83. The SMILES string of the molecule is Cc1cc(CCCCN)c2cc(C(C)(C)C)ccc2n1. The van der Waals surface area contributed by atoms with E-state index in [1.54, 1.807) is 0 Å². The number of fused-ring (bicyclic) bond motifs is 1. The minimum Gasteiger partial charge on any atom is -0.330 e. The number of aromatic nitrogens is 1. The predicted octanol–water partition coefficient (Wildman–Crippen LogP) is 4.12. The number of hydrogen-bond donors (Lipinski definition) is 1. The molecule has 0 saturated heterocycles. The fourth-order valence-electron chi connectivity index (χ4n) is 2.58. The van der Waals surface area contributed by atoms with Crippen LogP contribution in [0, 0.1) is 6.92 Å². The molecule has 20 heavy (non-hydrogen) atoms. The first-order chi connectivity index (χ1) is 9.41. The molecule has 1 heterocycles. The van der Waals surface area contributed by atoms with Gasteiger partial charge in [-0.05, 0) is 67.5 Å². The molecule has 108 valence electrons. The van der Waals surface area contributed by atoms with Gasteiger partial charge in [-0.25, -0.2) is 0 Å². The van der Waals surface area contributed by atoms with Crippen molar-refractivity contribution in [2.75, 3.05) is 6.54 Å². The quantitative estimate of drug-likeness (QED) is 0.849. The van der Waals surface area contributed by atoms with E-state index in [0.29, 0.717) is 0 Å². The number of benzene rings is 1. The largest absolute Gasteiger partial charge is 0.330 e. The average molecular weight is 270 g/mol. The molecular weight excluding hydrogens is 244 g/mol. The van der Waals surface area contributed by atoms with E-state index < -0.39 is 0 Å². The molecule has 2 N–H and O–H groups in total. The Bertz CT molecular complexity index is 594. The molecule has 0 atom stereocenters. The molecule has 0 unspecified atom stereocenters. The molecule has 0 aliphatic carbocycles. The fraction of sp³-hybridized carbons (Fsp3) is 0.500. The van der Waals surface area contributed by atoms with Crippen molar-refractivity contribution in [1.29, 1.82) is 0 Å². The predicted molar refractivity (Wildman–Crippen MR) is 87.2 cm³/mol. The second kappa shape index (κ2) is 5.92. The Morgan fingerprint density at radius 3 is 2.50 bits per heavy atom. The van der Waals surface area contributed by atoms with Gasteiger partial charge in [0.15, 0.2) is 0 Å². The van der Waals surface area contributed by atoms with Crippen LogP contribution in [0.5, 0.6) is 0 Å². The molecule has 2 aromatic rings.